The van der Waals surface area contributed by atoms with Gasteiger partial charge >= 0.3 is 6.18 Å². The highest BCUT2D eigenvalue weighted by Gasteiger charge is 2.36. The summed E-state index contributed by atoms with van der Waals surface area (Å²) in [4.78, 5) is 6.52. The first-order valence-electron chi connectivity index (χ1n) is 8.82. The van der Waals surface area contributed by atoms with Crippen molar-refractivity contribution in [3.8, 4) is 0 Å². The van der Waals surface area contributed by atoms with Crippen LogP contribution in [0.25, 0.3) is 0 Å². The second-order valence-electron chi connectivity index (χ2n) is 7.16. The average Bonchev–Trinajstić information content (AvgIpc) is 2.63. The molecule has 0 atom stereocenters. The van der Waals surface area contributed by atoms with Crippen molar-refractivity contribution >= 4 is 15.9 Å². The van der Waals surface area contributed by atoms with E-state index < -0.39 is 11.7 Å². The van der Waals surface area contributed by atoms with Crippen molar-refractivity contribution in [1.82, 2.24) is 9.88 Å². The van der Waals surface area contributed by atoms with E-state index in [2.05, 4.69) is 38.9 Å². The molecule has 1 aliphatic rings. The number of rotatable bonds is 5. The molecule has 27 heavy (non-hydrogen) atoms. The number of piperidine rings is 1. The number of benzene rings is 1. The maximum atomic E-state index is 13.0. The molecule has 3 rings (SSSR count). The Bertz CT molecular complexity index is 760. The summed E-state index contributed by atoms with van der Waals surface area (Å²) < 4.78 is 45.4. The van der Waals surface area contributed by atoms with Gasteiger partial charge in [0.1, 0.15) is 0 Å². The summed E-state index contributed by atoms with van der Waals surface area (Å²) in [6.07, 6.45) is 1.11. The highest BCUT2D eigenvalue weighted by Crippen LogP contribution is 2.36. The Morgan fingerprint density at radius 1 is 1.22 bits per heavy atom. The minimum atomic E-state index is -4.37. The van der Waals surface area contributed by atoms with Crippen LogP contribution in [0.4, 0.5) is 13.2 Å². The largest absolute Gasteiger partial charge is 0.416 e. The molecule has 1 aromatic carbocycles. The first-order chi connectivity index (χ1) is 12.8. The predicted molar refractivity (Wildman–Crippen MR) is 101 cm³/mol. The van der Waals surface area contributed by atoms with Crippen LogP contribution in [0.3, 0.4) is 0 Å². The maximum absolute atomic E-state index is 13.0. The van der Waals surface area contributed by atoms with E-state index in [9.17, 15) is 13.2 Å². The van der Waals surface area contributed by atoms with Crippen LogP contribution in [-0.2, 0) is 22.9 Å². The first kappa shape index (κ1) is 20.3. The summed E-state index contributed by atoms with van der Waals surface area (Å²) in [5, 5.41) is 0. The number of hydrogen-bond acceptors (Lipinski definition) is 3. The molecule has 3 nitrogen and oxygen atoms in total. The van der Waals surface area contributed by atoms with Gasteiger partial charge in [-0.2, -0.15) is 13.2 Å². The monoisotopic (exact) mass is 442 g/mol. The second kappa shape index (κ2) is 8.29. The molecule has 146 valence electrons. The zero-order valence-corrected chi connectivity index (χ0v) is 16.7. The highest BCUT2D eigenvalue weighted by molar-refractivity contribution is 9.10. The lowest BCUT2D eigenvalue weighted by atomic mass is 9.74. The van der Waals surface area contributed by atoms with Crippen LogP contribution in [0.1, 0.15) is 29.5 Å². The Labute approximate surface area is 165 Å². The molecule has 0 aliphatic carbocycles. The van der Waals surface area contributed by atoms with E-state index in [1.54, 1.807) is 12.3 Å². The molecule has 0 saturated carbocycles. The lowest BCUT2D eigenvalue weighted by Gasteiger charge is -2.40. The highest BCUT2D eigenvalue weighted by atomic mass is 79.9. The summed E-state index contributed by atoms with van der Waals surface area (Å²) in [5.41, 5.74) is 0.811. The number of nitrogens with zero attached hydrogens (tertiary/aromatic N) is 2. The summed E-state index contributed by atoms with van der Waals surface area (Å²) >= 11 is 3.16. The molecule has 0 spiro atoms. The van der Waals surface area contributed by atoms with Gasteiger partial charge in [0.05, 0.1) is 18.8 Å². The van der Waals surface area contributed by atoms with Gasteiger partial charge in [-0.05, 0) is 68.4 Å². The number of hydrogen-bond donors (Lipinski definition) is 0. The van der Waals surface area contributed by atoms with E-state index in [0.717, 1.165) is 43.6 Å². The van der Waals surface area contributed by atoms with E-state index in [1.807, 2.05) is 12.3 Å². The van der Waals surface area contributed by atoms with Crippen molar-refractivity contribution in [2.75, 3.05) is 26.7 Å². The summed E-state index contributed by atoms with van der Waals surface area (Å²) in [6.45, 7) is 2.50. The fraction of sp³-hybridized carbons (Fsp3) is 0.450. The van der Waals surface area contributed by atoms with Crippen LogP contribution >= 0.6 is 15.9 Å². The number of pyridine rings is 1. The molecule has 1 aliphatic heterocycles. The van der Waals surface area contributed by atoms with Gasteiger partial charge in [-0.1, -0.05) is 22.0 Å². The van der Waals surface area contributed by atoms with Crippen molar-refractivity contribution in [1.29, 1.82) is 0 Å². The minimum absolute atomic E-state index is 0.139. The van der Waals surface area contributed by atoms with Gasteiger partial charge < -0.3 is 9.64 Å². The molecular weight excluding hydrogens is 421 g/mol. The molecule has 7 heteroatoms. The van der Waals surface area contributed by atoms with E-state index in [4.69, 9.17) is 4.74 Å². The third kappa shape index (κ3) is 5.09. The third-order valence-electron chi connectivity index (χ3n) is 5.15. The lowest BCUT2D eigenvalue weighted by molar-refractivity contribution is -0.137. The Balaban J connectivity index is 1.73. The number of halogens is 4. The van der Waals surface area contributed by atoms with Crippen LogP contribution < -0.4 is 0 Å². The fourth-order valence-electron chi connectivity index (χ4n) is 3.50. The van der Waals surface area contributed by atoms with E-state index in [1.165, 1.54) is 0 Å². The molecule has 0 radical (unpaired) electrons. The summed E-state index contributed by atoms with van der Waals surface area (Å²) in [6, 6.07) is 7.87. The molecule has 0 unspecified atom stereocenters. The van der Waals surface area contributed by atoms with E-state index >= 15 is 0 Å². The lowest BCUT2D eigenvalue weighted by Crippen LogP contribution is -2.43. The van der Waals surface area contributed by atoms with Crippen LogP contribution in [0.15, 0.2) is 47.2 Å². The summed E-state index contributed by atoms with van der Waals surface area (Å²) in [5.74, 6) is 0. The Morgan fingerprint density at radius 2 is 1.96 bits per heavy atom. The molecule has 1 saturated heterocycles. The maximum Gasteiger partial charge on any atom is 0.416 e. The smallest absolute Gasteiger partial charge is 0.376 e. The van der Waals surface area contributed by atoms with E-state index in [-0.39, 0.29) is 12.0 Å². The van der Waals surface area contributed by atoms with Crippen molar-refractivity contribution in [2.45, 2.75) is 31.0 Å². The Hall–Kier alpha value is -1.44. The van der Waals surface area contributed by atoms with E-state index in [0.29, 0.717) is 16.6 Å². The van der Waals surface area contributed by atoms with Crippen molar-refractivity contribution in [3.63, 3.8) is 0 Å². The van der Waals surface area contributed by atoms with Gasteiger partial charge in [0, 0.05) is 22.3 Å². The molecule has 0 N–H and O–H groups in total. The Morgan fingerprint density at radius 3 is 2.59 bits per heavy atom. The average molecular weight is 443 g/mol. The van der Waals surface area contributed by atoms with Gasteiger partial charge in [-0.15, -0.1) is 0 Å². The van der Waals surface area contributed by atoms with Gasteiger partial charge in [0.15, 0.2) is 0 Å². The zero-order valence-electron chi connectivity index (χ0n) is 15.1. The van der Waals surface area contributed by atoms with Crippen molar-refractivity contribution in [2.24, 2.45) is 0 Å². The first-order valence-corrected chi connectivity index (χ1v) is 9.61. The molecule has 1 aromatic heterocycles. The summed E-state index contributed by atoms with van der Waals surface area (Å²) in [7, 11) is 2.09. The molecule has 1 fully saturated rings. The number of alkyl halides is 3. The van der Waals surface area contributed by atoms with Crippen LogP contribution in [-0.4, -0.2) is 36.6 Å². The van der Waals surface area contributed by atoms with Crippen molar-refractivity contribution in [3.05, 3.63) is 63.9 Å². The minimum Gasteiger partial charge on any atom is -0.376 e. The van der Waals surface area contributed by atoms with Crippen LogP contribution in [0.2, 0.25) is 0 Å². The zero-order chi connectivity index (χ0) is 19.5. The standard InChI is InChI=1S/C20H22BrF3N2O/c1-26-7-4-19(5-8-26,16-3-2-6-25-12-16)14-27-13-15-9-17(20(22,23)24)11-18(21)10-15/h2-3,6,9-12H,4-5,7-8,13-14H2,1H3. The quantitative estimate of drug-likeness (QED) is 0.648. The predicted octanol–water partition coefficient (Wildman–Crippen LogP) is 5.04. The topological polar surface area (TPSA) is 25.4 Å². The van der Waals surface area contributed by atoms with Gasteiger partial charge in [0.2, 0.25) is 0 Å². The molecule has 0 amide bonds. The fourth-order valence-corrected chi connectivity index (χ4v) is 4.04. The molecule has 2 heterocycles. The van der Waals surface area contributed by atoms with Gasteiger partial charge in [-0.3, -0.25) is 4.98 Å². The van der Waals surface area contributed by atoms with Crippen molar-refractivity contribution < 1.29 is 17.9 Å². The molecule has 0 bridgehead atoms. The number of ether oxygens (including phenoxy) is 1. The van der Waals surface area contributed by atoms with Gasteiger partial charge in [0.25, 0.3) is 0 Å². The number of likely N-dealkylation sites (tertiary alicyclic amines) is 1. The SMILES string of the molecule is CN1CCC(COCc2cc(Br)cc(C(F)(F)F)c2)(c2cccnc2)CC1. The molecular formula is C20H22BrF3N2O. The number of aromatic nitrogens is 1. The molecule has 2 aromatic rings. The Kier molecular flexibility index (Phi) is 6.23. The van der Waals surface area contributed by atoms with Crippen LogP contribution in [0, 0.1) is 0 Å². The van der Waals surface area contributed by atoms with Crippen LogP contribution in [0.5, 0.6) is 0 Å². The van der Waals surface area contributed by atoms with Gasteiger partial charge in [-0.25, -0.2) is 0 Å². The third-order valence-corrected chi connectivity index (χ3v) is 5.61. The second-order valence-corrected chi connectivity index (χ2v) is 8.08. The normalized spacial score (nSPS) is 17.8.